The van der Waals surface area contributed by atoms with Gasteiger partial charge in [0.2, 0.25) is 0 Å². The number of hydrogen-bond donors (Lipinski definition) is 0. The van der Waals surface area contributed by atoms with E-state index in [0.717, 1.165) is 48.7 Å². The fraction of sp³-hybridized carbons (Fsp3) is 0.412. The Morgan fingerprint density at radius 3 is 2.35 bits per heavy atom. The maximum absolute atomic E-state index is 11.4. The summed E-state index contributed by atoms with van der Waals surface area (Å²) >= 11 is 0. The maximum atomic E-state index is 11.4. The molecule has 3 heteroatoms. The lowest BCUT2D eigenvalue weighted by Crippen LogP contribution is -2.05. The minimum absolute atomic E-state index is 0.351. The molecule has 0 aliphatic carbocycles. The number of carbonyl (C=O) groups is 2. The van der Waals surface area contributed by atoms with Crippen LogP contribution in [0.25, 0.3) is 5.57 Å². The number of allylic oxidation sites excluding steroid dienone is 2. The Kier molecular flexibility index (Phi) is 6.71. The zero-order valence-corrected chi connectivity index (χ0v) is 12.4. The number of benzene rings is 1. The highest BCUT2D eigenvalue weighted by Gasteiger charge is 2.13. The van der Waals surface area contributed by atoms with Crippen molar-refractivity contribution in [1.29, 1.82) is 0 Å². The molecule has 0 saturated heterocycles. The first-order valence-electron chi connectivity index (χ1n) is 7.09. The van der Waals surface area contributed by atoms with E-state index >= 15 is 0 Å². The number of ether oxygens (including phenoxy) is 1. The minimum Gasteiger partial charge on any atom is -0.426 e. The Balaban J connectivity index is 3.34. The zero-order valence-electron chi connectivity index (χ0n) is 12.4. The number of para-hydroxylation sites is 1. The van der Waals surface area contributed by atoms with Gasteiger partial charge >= 0.3 is 5.97 Å². The van der Waals surface area contributed by atoms with Gasteiger partial charge < -0.3 is 4.74 Å². The molecule has 0 saturated carbocycles. The summed E-state index contributed by atoms with van der Waals surface area (Å²) in [6, 6.07) is 7.39. The Labute approximate surface area is 120 Å². The van der Waals surface area contributed by atoms with E-state index in [2.05, 4.69) is 6.92 Å². The molecule has 1 aromatic rings. The van der Waals surface area contributed by atoms with Crippen molar-refractivity contribution < 1.29 is 14.3 Å². The molecule has 0 amide bonds. The third-order valence-electron chi connectivity index (χ3n) is 3.02. The molecule has 20 heavy (non-hydrogen) atoms. The third-order valence-corrected chi connectivity index (χ3v) is 3.02. The van der Waals surface area contributed by atoms with E-state index in [1.807, 2.05) is 25.1 Å². The SMILES string of the molecule is CCC/C(C=O)=C(\CCC)c1ccccc1OC(C)=O. The van der Waals surface area contributed by atoms with Gasteiger partial charge in [0, 0.05) is 12.5 Å². The summed E-state index contributed by atoms with van der Waals surface area (Å²) in [6.45, 7) is 5.50. The molecular formula is C17H22O3. The number of carbonyl (C=O) groups excluding carboxylic acids is 2. The molecule has 1 rings (SSSR count). The van der Waals surface area contributed by atoms with Gasteiger partial charge in [0.25, 0.3) is 0 Å². The summed E-state index contributed by atoms with van der Waals surface area (Å²) in [5, 5.41) is 0. The fourth-order valence-electron chi connectivity index (χ4n) is 2.23. The van der Waals surface area contributed by atoms with Crippen LogP contribution in [0.4, 0.5) is 0 Å². The van der Waals surface area contributed by atoms with Crippen LogP contribution in [0.5, 0.6) is 5.75 Å². The van der Waals surface area contributed by atoms with Gasteiger partial charge in [0.1, 0.15) is 12.0 Å². The summed E-state index contributed by atoms with van der Waals surface area (Å²) in [4.78, 5) is 22.6. The van der Waals surface area contributed by atoms with Gasteiger partial charge in [-0.15, -0.1) is 0 Å². The highest BCUT2D eigenvalue weighted by atomic mass is 16.5. The van der Waals surface area contributed by atoms with Crippen LogP contribution in [0.1, 0.15) is 52.0 Å². The standard InChI is InChI=1S/C17H22O3/c1-4-8-14(12-18)15(9-5-2)16-10-6-7-11-17(16)20-13(3)19/h6-7,10-12H,4-5,8-9H2,1-3H3/b15-14-. The van der Waals surface area contributed by atoms with E-state index in [4.69, 9.17) is 4.74 Å². The lowest BCUT2D eigenvalue weighted by Gasteiger charge is -2.14. The van der Waals surface area contributed by atoms with Crippen molar-refractivity contribution in [2.24, 2.45) is 0 Å². The Bertz CT molecular complexity index is 501. The normalized spacial score (nSPS) is 11.8. The Morgan fingerprint density at radius 1 is 1.15 bits per heavy atom. The zero-order chi connectivity index (χ0) is 15.0. The monoisotopic (exact) mass is 274 g/mol. The highest BCUT2D eigenvalue weighted by molar-refractivity contribution is 5.90. The number of rotatable bonds is 7. The topological polar surface area (TPSA) is 43.4 Å². The van der Waals surface area contributed by atoms with Crippen molar-refractivity contribution in [3.8, 4) is 5.75 Å². The van der Waals surface area contributed by atoms with Gasteiger partial charge in [-0.1, -0.05) is 44.9 Å². The van der Waals surface area contributed by atoms with Crippen molar-refractivity contribution >= 4 is 17.8 Å². The van der Waals surface area contributed by atoms with Gasteiger partial charge in [-0.3, -0.25) is 9.59 Å². The first kappa shape index (κ1) is 16.2. The van der Waals surface area contributed by atoms with E-state index < -0.39 is 0 Å². The molecule has 3 nitrogen and oxygen atoms in total. The van der Waals surface area contributed by atoms with Crippen molar-refractivity contribution in [2.75, 3.05) is 0 Å². The third kappa shape index (κ3) is 4.34. The van der Waals surface area contributed by atoms with Gasteiger partial charge in [-0.2, -0.15) is 0 Å². The molecule has 0 aromatic heterocycles. The molecule has 0 atom stereocenters. The van der Waals surface area contributed by atoms with Crippen LogP contribution in [-0.4, -0.2) is 12.3 Å². The molecule has 0 unspecified atom stereocenters. The van der Waals surface area contributed by atoms with E-state index in [9.17, 15) is 9.59 Å². The summed E-state index contributed by atoms with van der Waals surface area (Å²) in [6.07, 6.45) is 4.32. The quantitative estimate of drug-likeness (QED) is 0.324. The van der Waals surface area contributed by atoms with E-state index in [0.29, 0.717) is 5.75 Å². The van der Waals surface area contributed by atoms with Gasteiger partial charge in [0.15, 0.2) is 0 Å². The van der Waals surface area contributed by atoms with Gasteiger partial charge in [0.05, 0.1) is 0 Å². The Morgan fingerprint density at radius 2 is 1.80 bits per heavy atom. The number of aldehydes is 1. The number of esters is 1. The predicted octanol–water partition coefficient (Wildman–Crippen LogP) is 4.16. The molecule has 0 heterocycles. The van der Waals surface area contributed by atoms with Crippen LogP contribution in [0.15, 0.2) is 29.8 Å². The van der Waals surface area contributed by atoms with Crippen molar-refractivity contribution in [1.82, 2.24) is 0 Å². The molecule has 0 radical (unpaired) electrons. The molecule has 0 aliphatic rings. The van der Waals surface area contributed by atoms with Crippen molar-refractivity contribution in [3.63, 3.8) is 0 Å². The van der Waals surface area contributed by atoms with Crippen LogP contribution < -0.4 is 4.74 Å². The largest absolute Gasteiger partial charge is 0.426 e. The second-order valence-corrected chi connectivity index (χ2v) is 4.71. The second-order valence-electron chi connectivity index (χ2n) is 4.71. The van der Waals surface area contributed by atoms with Crippen LogP contribution in [0, 0.1) is 0 Å². The first-order valence-corrected chi connectivity index (χ1v) is 7.09. The lowest BCUT2D eigenvalue weighted by molar-refractivity contribution is -0.131. The summed E-state index contributed by atoms with van der Waals surface area (Å²) in [5.74, 6) is 0.176. The second kappa shape index (κ2) is 8.31. The smallest absolute Gasteiger partial charge is 0.308 e. The fourth-order valence-corrected chi connectivity index (χ4v) is 2.23. The summed E-state index contributed by atoms with van der Waals surface area (Å²) in [7, 11) is 0. The molecular weight excluding hydrogens is 252 g/mol. The lowest BCUT2D eigenvalue weighted by atomic mass is 9.93. The van der Waals surface area contributed by atoms with Crippen LogP contribution in [0.3, 0.4) is 0 Å². The molecule has 0 spiro atoms. The summed E-state index contributed by atoms with van der Waals surface area (Å²) in [5.41, 5.74) is 2.63. The van der Waals surface area contributed by atoms with Crippen molar-refractivity contribution in [3.05, 3.63) is 35.4 Å². The van der Waals surface area contributed by atoms with Crippen LogP contribution in [0.2, 0.25) is 0 Å². The summed E-state index contributed by atoms with van der Waals surface area (Å²) < 4.78 is 5.26. The average Bonchev–Trinajstić information content (AvgIpc) is 2.43. The molecule has 0 fully saturated rings. The van der Waals surface area contributed by atoms with E-state index in [1.54, 1.807) is 6.07 Å². The highest BCUT2D eigenvalue weighted by Crippen LogP contribution is 2.32. The maximum Gasteiger partial charge on any atom is 0.308 e. The van der Waals surface area contributed by atoms with E-state index in [-0.39, 0.29) is 5.97 Å². The van der Waals surface area contributed by atoms with Gasteiger partial charge in [-0.05, 0) is 30.1 Å². The molecule has 0 N–H and O–H groups in total. The number of hydrogen-bond acceptors (Lipinski definition) is 3. The van der Waals surface area contributed by atoms with Gasteiger partial charge in [-0.25, -0.2) is 0 Å². The Hall–Kier alpha value is -1.90. The average molecular weight is 274 g/mol. The minimum atomic E-state index is -0.351. The molecule has 1 aromatic carbocycles. The predicted molar refractivity (Wildman–Crippen MR) is 80.6 cm³/mol. The molecule has 0 aliphatic heterocycles. The van der Waals surface area contributed by atoms with Crippen LogP contribution in [-0.2, 0) is 9.59 Å². The van der Waals surface area contributed by atoms with E-state index in [1.165, 1.54) is 6.92 Å². The van der Waals surface area contributed by atoms with Crippen LogP contribution >= 0.6 is 0 Å². The molecule has 0 bridgehead atoms. The van der Waals surface area contributed by atoms with Crippen molar-refractivity contribution in [2.45, 2.75) is 46.5 Å². The first-order chi connectivity index (χ1) is 9.63. The molecule has 108 valence electrons.